The van der Waals surface area contributed by atoms with Gasteiger partial charge in [0.05, 0.1) is 5.69 Å². The van der Waals surface area contributed by atoms with Crippen molar-refractivity contribution in [2.24, 2.45) is 5.73 Å². The van der Waals surface area contributed by atoms with Crippen LogP contribution in [0.1, 0.15) is 25.7 Å². The van der Waals surface area contributed by atoms with Gasteiger partial charge in [0.15, 0.2) is 5.65 Å². The molecule has 0 spiro atoms. The van der Waals surface area contributed by atoms with Crippen LogP contribution in [0.25, 0.3) is 5.65 Å². The highest BCUT2D eigenvalue weighted by molar-refractivity contribution is 5.75. The van der Waals surface area contributed by atoms with E-state index in [0.29, 0.717) is 12.1 Å². The smallest absolute Gasteiger partial charge is 0.177 e. The Hall–Kier alpha value is -2.80. The summed E-state index contributed by atoms with van der Waals surface area (Å²) in [7, 11) is 0. The van der Waals surface area contributed by atoms with Gasteiger partial charge in [-0.25, -0.2) is 9.50 Å². The highest BCUT2D eigenvalue weighted by Gasteiger charge is 2.19. The average Bonchev–Trinajstić information content (AvgIpc) is 3.08. The molecule has 25 heavy (non-hydrogen) atoms. The first-order valence-corrected chi connectivity index (χ1v) is 8.60. The average molecular weight is 338 g/mol. The number of hydrogen-bond donors (Lipinski definition) is 4. The monoisotopic (exact) mass is 338 g/mol. The molecule has 0 unspecified atom stereocenters. The van der Waals surface area contributed by atoms with Crippen molar-refractivity contribution in [1.29, 1.82) is 0 Å². The Balaban J connectivity index is 1.59. The third-order valence-electron chi connectivity index (χ3n) is 4.63. The van der Waals surface area contributed by atoms with Crippen molar-refractivity contribution in [3.8, 4) is 5.75 Å². The molecule has 1 aliphatic carbocycles. The molecule has 7 heteroatoms. The van der Waals surface area contributed by atoms with Crippen LogP contribution < -0.4 is 16.4 Å². The number of rotatable bonds is 4. The van der Waals surface area contributed by atoms with E-state index in [-0.39, 0.29) is 5.75 Å². The largest absolute Gasteiger partial charge is 0.508 e. The number of aromatic hydroxyl groups is 1. The fraction of sp³-hybridized carbons (Fsp3) is 0.333. The molecule has 1 aromatic carbocycles. The lowest BCUT2D eigenvalue weighted by atomic mass is 9.92. The molecule has 2 aromatic heterocycles. The second-order valence-electron chi connectivity index (χ2n) is 6.57. The van der Waals surface area contributed by atoms with Gasteiger partial charge in [-0.2, -0.15) is 0 Å². The zero-order chi connectivity index (χ0) is 17.2. The molecule has 3 aromatic rings. The Morgan fingerprint density at radius 3 is 2.64 bits per heavy atom. The van der Waals surface area contributed by atoms with Gasteiger partial charge in [0.1, 0.15) is 11.6 Å². The van der Waals surface area contributed by atoms with Crippen LogP contribution in [0.5, 0.6) is 5.75 Å². The van der Waals surface area contributed by atoms with Crippen molar-refractivity contribution >= 4 is 22.8 Å². The summed E-state index contributed by atoms with van der Waals surface area (Å²) < 4.78 is 1.76. The molecule has 0 aliphatic heterocycles. The summed E-state index contributed by atoms with van der Waals surface area (Å²) in [5.74, 6) is 1.05. The molecule has 4 rings (SSSR count). The lowest BCUT2D eigenvalue weighted by Crippen LogP contribution is -2.33. The van der Waals surface area contributed by atoms with Crippen molar-refractivity contribution in [1.82, 2.24) is 14.6 Å². The minimum Gasteiger partial charge on any atom is -0.508 e. The molecule has 2 heterocycles. The van der Waals surface area contributed by atoms with Crippen LogP contribution in [-0.4, -0.2) is 31.8 Å². The topological polar surface area (TPSA) is 100 Å². The number of nitrogens with one attached hydrogen (secondary N) is 2. The number of aromatic nitrogens is 3. The van der Waals surface area contributed by atoms with Crippen molar-refractivity contribution in [2.45, 2.75) is 37.8 Å². The molecule has 1 fully saturated rings. The maximum atomic E-state index is 9.43. The third-order valence-corrected chi connectivity index (χ3v) is 4.63. The summed E-state index contributed by atoms with van der Waals surface area (Å²) >= 11 is 0. The van der Waals surface area contributed by atoms with Gasteiger partial charge >= 0.3 is 0 Å². The number of nitrogens with zero attached hydrogens (tertiary/aromatic N) is 3. The molecular formula is C18H22N6O. The number of phenolic OH excluding ortho intramolecular Hbond substituents is 1. The fourth-order valence-electron chi connectivity index (χ4n) is 3.25. The Labute approximate surface area is 145 Å². The maximum absolute atomic E-state index is 9.43. The summed E-state index contributed by atoms with van der Waals surface area (Å²) in [6.45, 7) is 0. The van der Waals surface area contributed by atoms with Crippen LogP contribution in [0, 0.1) is 0 Å². The molecule has 1 aliphatic rings. The zero-order valence-electron chi connectivity index (χ0n) is 13.9. The molecule has 0 bridgehead atoms. The normalized spacial score (nSPS) is 20.5. The summed E-state index contributed by atoms with van der Waals surface area (Å²) in [6.07, 6.45) is 7.78. The van der Waals surface area contributed by atoms with E-state index >= 15 is 0 Å². The molecule has 0 amide bonds. The van der Waals surface area contributed by atoms with Gasteiger partial charge in [-0.05, 0) is 49.9 Å². The molecule has 0 saturated heterocycles. The van der Waals surface area contributed by atoms with Gasteiger partial charge in [-0.1, -0.05) is 0 Å². The maximum Gasteiger partial charge on any atom is 0.177 e. The van der Waals surface area contributed by atoms with Crippen molar-refractivity contribution in [3.63, 3.8) is 0 Å². The molecule has 0 radical (unpaired) electrons. The van der Waals surface area contributed by atoms with E-state index in [4.69, 9.17) is 5.73 Å². The Bertz CT molecular complexity index is 852. The van der Waals surface area contributed by atoms with E-state index in [1.54, 1.807) is 22.8 Å². The number of anilines is 3. The quantitative estimate of drug-likeness (QED) is 0.546. The van der Waals surface area contributed by atoms with Gasteiger partial charge in [0.2, 0.25) is 0 Å². The van der Waals surface area contributed by atoms with E-state index in [2.05, 4.69) is 20.7 Å². The fourth-order valence-corrected chi connectivity index (χ4v) is 3.25. The van der Waals surface area contributed by atoms with E-state index in [9.17, 15) is 5.11 Å². The lowest BCUT2D eigenvalue weighted by molar-refractivity contribution is 0.410. The minimum atomic E-state index is 0.240. The van der Waals surface area contributed by atoms with E-state index in [1.165, 1.54) is 0 Å². The van der Waals surface area contributed by atoms with Gasteiger partial charge in [0.25, 0.3) is 0 Å². The number of nitrogens with two attached hydrogens (primary N) is 1. The first-order valence-electron chi connectivity index (χ1n) is 8.60. The van der Waals surface area contributed by atoms with E-state index in [0.717, 1.165) is 48.5 Å². The van der Waals surface area contributed by atoms with Crippen molar-refractivity contribution in [2.75, 3.05) is 10.6 Å². The van der Waals surface area contributed by atoms with Crippen molar-refractivity contribution < 1.29 is 5.11 Å². The van der Waals surface area contributed by atoms with E-state index in [1.807, 2.05) is 24.4 Å². The number of hydrogen-bond acceptors (Lipinski definition) is 6. The van der Waals surface area contributed by atoms with Gasteiger partial charge < -0.3 is 21.5 Å². The first-order chi connectivity index (χ1) is 12.2. The molecule has 130 valence electrons. The van der Waals surface area contributed by atoms with E-state index < -0.39 is 0 Å². The van der Waals surface area contributed by atoms with Crippen LogP contribution in [0.4, 0.5) is 17.2 Å². The summed E-state index contributed by atoms with van der Waals surface area (Å²) in [5.41, 5.74) is 8.48. The van der Waals surface area contributed by atoms with Crippen LogP contribution in [0.3, 0.4) is 0 Å². The van der Waals surface area contributed by atoms with Gasteiger partial charge in [-0.15, -0.1) is 5.10 Å². The molecule has 5 N–H and O–H groups in total. The third kappa shape index (κ3) is 3.51. The summed E-state index contributed by atoms with van der Waals surface area (Å²) in [5, 5.41) is 20.9. The predicted molar refractivity (Wildman–Crippen MR) is 98.2 cm³/mol. The summed E-state index contributed by atoms with van der Waals surface area (Å²) in [4.78, 5) is 4.37. The predicted octanol–water partition coefficient (Wildman–Crippen LogP) is 2.86. The van der Waals surface area contributed by atoms with Crippen LogP contribution in [0.15, 0.2) is 42.7 Å². The second-order valence-corrected chi connectivity index (χ2v) is 6.57. The molecule has 1 saturated carbocycles. The van der Waals surface area contributed by atoms with Crippen molar-refractivity contribution in [3.05, 3.63) is 42.7 Å². The minimum absolute atomic E-state index is 0.240. The molecular weight excluding hydrogens is 316 g/mol. The number of fused-ring (bicyclic) bond motifs is 1. The Kier molecular flexibility index (Phi) is 4.15. The van der Waals surface area contributed by atoms with Crippen LogP contribution in [-0.2, 0) is 0 Å². The van der Waals surface area contributed by atoms with Crippen LogP contribution in [0.2, 0.25) is 0 Å². The van der Waals surface area contributed by atoms with Crippen LogP contribution >= 0.6 is 0 Å². The standard InChI is InChI=1S/C18H22N6O/c19-12-1-3-14(4-2-12)22-17-11-16(18-20-9-10-24(18)23-17)21-13-5-7-15(25)8-6-13/h5-12,14,21,25H,1-4,19H2,(H,22,23). The molecule has 7 nitrogen and oxygen atoms in total. The zero-order valence-corrected chi connectivity index (χ0v) is 13.9. The first kappa shape index (κ1) is 15.7. The Morgan fingerprint density at radius 2 is 1.88 bits per heavy atom. The van der Waals surface area contributed by atoms with Gasteiger partial charge in [-0.3, -0.25) is 0 Å². The molecule has 0 atom stereocenters. The summed E-state index contributed by atoms with van der Waals surface area (Å²) in [6, 6.07) is 9.65. The van der Waals surface area contributed by atoms with Gasteiger partial charge in [0, 0.05) is 36.2 Å². The lowest BCUT2D eigenvalue weighted by Gasteiger charge is -2.27. The Morgan fingerprint density at radius 1 is 1.12 bits per heavy atom. The SMILES string of the molecule is NC1CCC(Nc2cc(Nc3ccc(O)cc3)c3nccn3n2)CC1. The number of benzene rings is 1. The number of imidazole rings is 1. The number of phenols is 1. The highest BCUT2D eigenvalue weighted by atomic mass is 16.3. The highest BCUT2D eigenvalue weighted by Crippen LogP contribution is 2.26. The second kappa shape index (κ2) is 6.60.